The van der Waals surface area contributed by atoms with Crippen LogP contribution in [0.4, 0.5) is 17.8 Å². The van der Waals surface area contributed by atoms with Crippen molar-refractivity contribution in [2.24, 2.45) is 11.8 Å². The van der Waals surface area contributed by atoms with Crippen molar-refractivity contribution in [1.29, 1.82) is 0 Å². The van der Waals surface area contributed by atoms with Crippen molar-refractivity contribution in [3.05, 3.63) is 0 Å². The van der Waals surface area contributed by atoms with Gasteiger partial charge in [0.15, 0.2) is 0 Å². The van der Waals surface area contributed by atoms with E-state index < -0.39 is 0 Å². The van der Waals surface area contributed by atoms with Crippen LogP contribution >= 0.6 is 0 Å². The number of anilines is 3. The molecule has 0 bridgehead atoms. The van der Waals surface area contributed by atoms with E-state index in [9.17, 15) is 0 Å². The molecule has 1 aliphatic heterocycles. The summed E-state index contributed by atoms with van der Waals surface area (Å²) in [5, 5.41) is 0. The summed E-state index contributed by atoms with van der Waals surface area (Å²) in [6.45, 7) is 10.2. The average Bonchev–Trinajstić information content (AvgIpc) is 2.49. The lowest BCUT2D eigenvalue weighted by Gasteiger charge is -2.31. The molecule has 0 radical (unpaired) electrons. The SMILES string of the molecule is CCN(CC)c1nc(NN)nc(N2CCC(C)CC2)n1. The number of rotatable bonds is 5. The zero-order valence-electron chi connectivity index (χ0n) is 12.6. The molecule has 0 spiro atoms. The third-order valence-electron chi connectivity index (χ3n) is 3.85. The molecule has 7 nitrogen and oxygen atoms in total. The Morgan fingerprint density at radius 2 is 1.85 bits per heavy atom. The molecule has 1 aromatic rings. The third kappa shape index (κ3) is 3.27. The van der Waals surface area contributed by atoms with E-state index in [-0.39, 0.29) is 0 Å². The lowest BCUT2D eigenvalue weighted by atomic mass is 10.00. The van der Waals surface area contributed by atoms with Gasteiger partial charge in [0.1, 0.15) is 0 Å². The van der Waals surface area contributed by atoms with Crippen LogP contribution < -0.4 is 21.1 Å². The maximum atomic E-state index is 5.48. The second-order valence-corrected chi connectivity index (χ2v) is 5.25. The Morgan fingerprint density at radius 1 is 1.20 bits per heavy atom. The van der Waals surface area contributed by atoms with Crippen LogP contribution in [-0.2, 0) is 0 Å². The van der Waals surface area contributed by atoms with Crippen molar-refractivity contribution in [2.75, 3.05) is 41.4 Å². The van der Waals surface area contributed by atoms with Crippen molar-refractivity contribution >= 4 is 17.8 Å². The Kier molecular flexibility index (Phi) is 4.94. The molecular formula is C13H25N7. The number of hydrazine groups is 1. The first kappa shape index (κ1) is 14.8. The standard InChI is InChI=1S/C13H25N7/c1-4-19(5-2)12-15-11(18-14)16-13(17-12)20-8-6-10(3)7-9-20/h10H,4-9,14H2,1-3H3,(H,15,16,17,18). The summed E-state index contributed by atoms with van der Waals surface area (Å²) in [4.78, 5) is 17.7. The minimum absolute atomic E-state index is 0.426. The minimum Gasteiger partial charge on any atom is -0.341 e. The average molecular weight is 279 g/mol. The molecule has 0 unspecified atom stereocenters. The van der Waals surface area contributed by atoms with E-state index >= 15 is 0 Å². The number of hydrogen-bond acceptors (Lipinski definition) is 7. The fourth-order valence-electron chi connectivity index (χ4n) is 2.42. The first-order valence-corrected chi connectivity index (χ1v) is 7.40. The van der Waals surface area contributed by atoms with Gasteiger partial charge in [0.05, 0.1) is 0 Å². The van der Waals surface area contributed by atoms with Gasteiger partial charge in [-0.2, -0.15) is 15.0 Å². The van der Waals surface area contributed by atoms with Gasteiger partial charge in [0.25, 0.3) is 0 Å². The van der Waals surface area contributed by atoms with E-state index in [1.165, 1.54) is 12.8 Å². The highest BCUT2D eigenvalue weighted by Gasteiger charge is 2.20. The summed E-state index contributed by atoms with van der Waals surface area (Å²) in [7, 11) is 0. The van der Waals surface area contributed by atoms with Crippen LogP contribution in [0.1, 0.15) is 33.6 Å². The van der Waals surface area contributed by atoms with Gasteiger partial charge >= 0.3 is 0 Å². The number of nitrogens with zero attached hydrogens (tertiary/aromatic N) is 5. The second-order valence-electron chi connectivity index (χ2n) is 5.25. The zero-order valence-corrected chi connectivity index (χ0v) is 12.6. The Balaban J connectivity index is 2.25. The van der Waals surface area contributed by atoms with Crippen LogP contribution in [0, 0.1) is 5.92 Å². The molecule has 1 aliphatic rings. The van der Waals surface area contributed by atoms with Crippen molar-refractivity contribution in [2.45, 2.75) is 33.6 Å². The Hall–Kier alpha value is -1.63. The predicted molar refractivity (Wildman–Crippen MR) is 81.8 cm³/mol. The van der Waals surface area contributed by atoms with Crippen molar-refractivity contribution in [1.82, 2.24) is 15.0 Å². The molecule has 0 amide bonds. The number of piperidine rings is 1. The molecule has 2 rings (SSSR count). The Bertz CT molecular complexity index is 425. The fraction of sp³-hybridized carbons (Fsp3) is 0.769. The van der Waals surface area contributed by atoms with Crippen LogP contribution in [0.15, 0.2) is 0 Å². The number of nitrogens with two attached hydrogens (primary N) is 1. The second kappa shape index (κ2) is 6.69. The quantitative estimate of drug-likeness (QED) is 0.619. The first-order chi connectivity index (χ1) is 9.67. The van der Waals surface area contributed by atoms with Gasteiger partial charge in [-0.05, 0) is 32.6 Å². The molecular weight excluding hydrogens is 254 g/mol. The third-order valence-corrected chi connectivity index (χ3v) is 3.85. The number of aromatic nitrogens is 3. The molecule has 1 fully saturated rings. The van der Waals surface area contributed by atoms with E-state index in [1.807, 2.05) is 0 Å². The van der Waals surface area contributed by atoms with Gasteiger partial charge in [-0.15, -0.1) is 0 Å². The van der Waals surface area contributed by atoms with Crippen LogP contribution in [0.25, 0.3) is 0 Å². The normalized spacial score (nSPS) is 16.3. The molecule has 7 heteroatoms. The summed E-state index contributed by atoms with van der Waals surface area (Å²) in [5.74, 6) is 8.10. The first-order valence-electron chi connectivity index (χ1n) is 7.40. The summed E-state index contributed by atoms with van der Waals surface area (Å²) in [6.07, 6.45) is 2.36. The molecule has 3 N–H and O–H groups in total. The van der Waals surface area contributed by atoms with E-state index in [1.54, 1.807) is 0 Å². The molecule has 112 valence electrons. The van der Waals surface area contributed by atoms with Gasteiger partial charge < -0.3 is 9.80 Å². The molecule has 2 heterocycles. The van der Waals surface area contributed by atoms with E-state index in [2.05, 4.69) is 50.9 Å². The summed E-state index contributed by atoms with van der Waals surface area (Å²) in [6, 6.07) is 0. The summed E-state index contributed by atoms with van der Waals surface area (Å²) >= 11 is 0. The van der Waals surface area contributed by atoms with Crippen molar-refractivity contribution in [3.8, 4) is 0 Å². The highest BCUT2D eigenvalue weighted by atomic mass is 15.4. The van der Waals surface area contributed by atoms with Crippen LogP contribution in [-0.4, -0.2) is 41.1 Å². The summed E-state index contributed by atoms with van der Waals surface area (Å²) in [5.41, 5.74) is 2.54. The molecule has 20 heavy (non-hydrogen) atoms. The van der Waals surface area contributed by atoms with Gasteiger partial charge in [-0.3, -0.25) is 5.43 Å². The molecule has 1 saturated heterocycles. The predicted octanol–water partition coefficient (Wildman–Crippen LogP) is 1.24. The van der Waals surface area contributed by atoms with Gasteiger partial charge in [-0.1, -0.05) is 6.92 Å². The Morgan fingerprint density at radius 3 is 2.40 bits per heavy atom. The molecule has 1 aromatic heterocycles. The van der Waals surface area contributed by atoms with Crippen molar-refractivity contribution in [3.63, 3.8) is 0 Å². The Labute approximate surface area is 120 Å². The van der Waals surface area contributed by atoms with Crippen LogP contribution in [0.3, 0.4) is 0 Å². The minimum atomic E-state index is 0.426. The number of nitrogen functional groups attached to an aromatic ring is 1. The smallest absolute Gasteiger partial charge is 0.243 e. The fourth-order valence-corrected chi connectivity index (χ4v) is 2.42. The van der Waals surface area contributed by atoms with Crippen LogP contribution in [0.5, 0.6) is 0 Å². The lowest BCUT2D eigenvalue weighted by molar-refractivity contribution is 0.434. The monoisotopic (exact) mass is 279 g/mol. The van der Waals surface area contributed by atoms with E-state index in [0.717, 1.165) is 38.0 Å². The molecule has 0 atom stereocenters. The van der Waals surface area contributed by atoms with Gasteiger partial charge in [0, 0.05) is 26.2 Å². The maximum Gasteiger partial charge on any atom is 0.243 e. The van der Waals surface area contributed by atoms with Crippen molar-refractivity contribution < 1.29 is 0 Å². The zero-order chi connectivity index (χ0) is 14.5. The summed E-state index contributed by atoms with van der Waals surface area (Å²) < 4.78 is 0. The van der Waals surface area contributed by atoms with Gasteiger partial charge in [-0.25, -0.2) is 5.84 Å². The molecule has 0 saturated carbocycles. The van der Waals surface area contributed by atoms with E-state index in [4.69, 9.17) is 5.84 Å². The molecule has 0 aliphatic carbocycles. The maximum absolute atomic E-state index is 5.48. The van der Waals surface area contributed by atoms with Gasteiger partial charge in [0.2, 0.25) is 17.8 Å². The number of hydrogen-bond donors (Lipinski definition) is 2. The highest BCUT2D eigenvalue weighted by molar-refractivity contribution is 5.44. The highest BCUT2D eigenvalue weighted by Crippen LogP contribution is 2.22. The number of nitrogens with one attached hydrogen (secondary N) is 1. The molecule has 0 aromatic carbocycles. The van der Waals surface area contributed by atoms with Crippen LogP contribution in [0.2, 0.25) is 0 Å². The van der Waals surface area contributed by atoms with E-state index in [0.29, 0.717) is 11.9 Å². The topological polar surface area (TPSA) is 83.2 Å². The lowest BCUT2D eigenvalue weighted by Crippen LogP contribution is -2.35. The largest absolute Gasteiger partial charge is 0.341 e.